The van der Waals surface area contributed by atoms with Gasteiger partial charge >= 0.3 is 59.1 Å². The molecule has 0 unspecified atom stereocenters. The molecule has 8 heteroatoms. The fourth-order valence-corrected chi connectivity index (χ4v) is 3.13. The van der Waals surface area contributed by atoms with E-state index in [2.05, 4.69) is 24.4 Å². The number of aliphatic carboxylic acids is 2. The summed E-state index contributed by atoms with van der Waals surface area (Å²) in [6, 6.07) is -1.27. The van der Waals surface area contributed by atoms with E-state index in [0.717, 1.165) is 32.1 Å². The first-order valence-electron chi connectivity index (χ1n) is 11.3. The smallest absolute Gasteiger partial charge is 0.550 e. The Bertz CT molecular complexity index is 487. The number of hydrogen-bond acceptors (Lipinski definition) is 5. The van der Waals surface area contributed by atoms with E-state index < -0.39 is 24.4 Å². The Labute approximate surface area is 233 Å². The van der Waals surface area contributed by atoms with Crippen LogP contribution in [0.2, 0.25) is 0 Å². The summed E-state index contributed by atoms with van der Waals surface area (Å²) in [5.74, 6) is -3.19. The second kappa shape index (κ2) is 26.4. The monoisotopic (exact) mass is 455 g/mol. The normalized spacial score (nSPS) is 11.4. The molecule has 1 amide bonds. The maximum atomic E-state index is 11.8. The Hall–Kier alpha value is 0.150. The van der Waals surface area contributed by atoms with Gasteiger partial charge in [0.05, 0.1) is 12.0 Å². The minimum absolute atomic E-state index is 0. The molecule has 0 aromatic heterocycles. The summed E-state index contributed by atoms with van der Waals surface area (Å²) in [4.78, 5) is 33.1. The molecule has 0 aliphatic carbocycles. The molecule has 0 aliphatic heterocycles. The van der Waals surface area contributed by atoms with E-state index in [1.807, 2.05) is 0 Å². The third-order valence-corrected chi connectivity index (χ3v) is 4.92. The quantitative estimate of drug-likeness (QED) is 0.118. The van der Waals surface area contributed by atoms with Gasteiger partial charge in [0.1, 0.15) is 0 Å². The minimum Gasteiger partial charge on any atom is -0.550 e. The molecule has 0 aliphatic rings. The van der Waals surface area contributed by atoms with Gasteiger partial charge in [0.25, 0.3) is 0 Å². The topological polar surface area (TPSA) is 109 Å². The van der Waals surface area contributed by atoms with Crippen LogP contribution in [0.25, 0.3) is 0 Å². The zero-order valence-corrected chi connectivity index (χ0v) is 24.1. The first-order valence-corrected chi connectivity index (χ1v) is 11.3. The van der Waals surface area contributed by atoms with Crippen molar-refractivity contribution < 1.29 is 83.7 Å². The van der Waals surface area contributed by atoms with Crippen molar-refractivity contribution in [1.29, 1.82) is 0 Å². The summed E-state index contributed by atoms with van der Waals surface area (Å²) in [7, 11) is 0. The molecule has 0 rings (SSSR count). The number of amides is 1. The van der Waals surface area contributed by atoms with E-state index in [-0.39, 0.29) is 77.9 Å². The van der Waals surface area contributed by atoms with Crippen LogP contribution in [-0.4, -0.2) is 23.9 Å². The Balaban J connectivity index is -0.00000392. The number of rotatable bonds is 20. The average Bonchev–Trinajstić information content (AvgIpc) is 2.67. The average molecular weight is 456 g/mol. The Morgan fingerprint density at radius 2 is 1.23 bits per heavy atom. The second-order valence-electron chi connectivity index (χ2n) is 7.68. The summed E-state index contributed by atoms with van der Waals surface area (Å²) in [5.41, 5.74) is 0. The Morgan fingerprint density at radius 1 is 0.742 bits per heavy atom. The van der Waals surface area contributed by atoms with Crippen molar-refractivity contribution in [2.45, 2.75) is 116 Å². The maximum absolute atomic E-state index is 11.8. The first-order chi connectivity index (χ1) is 14.0. The standard InChI is InChI=1S/C23H41NO5.2Na/c1-2-3-4-5-6-7-8-9-10-11-12-13-14-15-16-17-21(25)24-20(23(28)29)18-19-22(26)27;;/h9-10,20H,2-8,11-19H2,1H3,(H,24,25)(H,26,27)(H,28,29);;/q;2*+1/p-2/b10-9-;;/t20-;;/m0../s1. The summed E-state index contributed by atoms with van der Waals surface area (Å²) in [6.07, 6.45) is 19.4. The van der Waals surface area contributed by atoms with Crippen molar-refractivity contribution in [3.8, 4) is 0 Å². The summed E-state index contributed by atoms with van der Waals surface area (Å²) in [6.45, 7) is 2.24. The molecule has 31 heavy (non-hydrogen) atoms. The zero-order valence-electron chi connectivity index (χ0n) is 20.1. The third kappa shape index (κ3) is 26.3. The van der Waals surface area contributed by atoms with Gasteiger partial charge in [0.15, 0.2) is 0 Å². The molecule has 0 aromatic rings. The molecule has 0 saturated heterocycles. The van der Waals surface area contributed by atoms with Gasteiger partial charge in [-0.3, -0.25) is 4.79 Å². The number of allylic oxidation sites excluding steroid dienone is 2. The van der Waals surface area contributed by atoms with Crippen molar-refractivity contribution in [2.75, 3.05) is 0 Å². The van der Waals surface area contributed by atoms with Crippen LogP contribution in [0.3, 0.4) is 0 Å². The molecule has 6 nitrogen and oxygen atoms in total. The van der Waals surface area contributed by atoms with Gasteiger partial charge in [-0.05, 0) is 44.9 Å². The molecule has 0 bridgehead atoms. The molecule has 1 N–H and O–H groups in total. The van der Waals surface area contributed by atoms with E-state index in [9.17, 15) is 24.6 Å². The van der Waals surface area contributed by atoms with Gasteiger partial charge in [0.2, 0.25) is 5.91 Å². The van der Waals surface area contributed by atoms with Crippen LogP contribution in [0.5, 0.6) is 0 Å². The predicted molar refractivity (Wildman–Crippen MR) is 111 cm³/mol. The van der Waals surface area contributed by atoms with Crippen molar-refractivity contribution in [1.82, 2.24) is 5.32 Å². The Morgan fingerprint density at radius 3 is 1.71 bits per heavy atom. The van der Waals surface area contributed by atoms with Crippen LogP contribution in [0.15, 0.2) is 12.2 Å². The van der Waals surface area contributed by atoms with E-state index in [1.54, 1.807) is 0 Å². The van der Waals surface area contributed by atoms with Crippen LogP contribution in [0.4, 0.5) is 0 Å². The number of carbonyl (C=O) groups is 3. The van der Waals surface area contributed by atoms with Crippen LogP contribution in [0.1, 0.15) is 110 Å². The summed E-state index contributed by atoms with van der Waals surface area (Å²) < 4.78 is 0. The van der Waals surface area contributed by atoms with Crippen molar-refractivity contribution in [2.24, 2.45) is 0 Å². The van der Waals surface area contributed by atoms with Crippen LogP contribution < -0.4 is 74.6 Å². The number of hydrogen-bond donors (Lipinski definition) is 1. The molecule has 0 spiro atoms. The summed E-state index contributed by atoms with van der Waals surface area (Å²) in [5, 5.41) is 23.6. The fraction of sp³-hybridized carbons (Fsp3) is 0.783. The van der Waals surface area contributed by atoms with Crippen molar-refractivity contribution in [3.63, 3.8) is 0 Å². The van der Waals surface area contributed by atoms with Gasteiger partial charge in [-0.15, -0.1) is 0 Å². The predicted octanol–water partition coefficient (Wildman–Crippen LogP) is -3.20. The number of carboxylic acid groups (broad SMARTS) is 2. The van der Waals surface area contributed by atoms with E-state index in [4.69, 9.17) is 0 Å². The molecule has 0 fully saturated rings. The third-order valence-electron chi connectivity index (χ3n) is 4.92. The van der Waals surface area contributed by atoms with E-state index in [1.165, 1.54) is 44.9 Å². The van der Waals surface area contributed by atoms with Gasteiger partial charge in [-0.2, -0.15) is 0 Å². The molecule has 0 aromatic carbocycles. The second-order valence-corrected chi connectivity index (χ2v) is 7.68. The van der Waals surface area contributed by atoms with Gasteiger partial charge in [0, 0.05) is 12.4 Å². The van der Waals surface area contributed by atoms with Crippen LogP contribution in [-0.2, 0) is 14.4 Å². The van der Waals surface area contributed by atoms with Gasteiger partial charge in [-0.1, -0.05) is 70.4 Å². The van der Waals surface area contributed by atoms with E-state index >= 15 is 0 Å². The van der Waals surface area contributed by atoms with Crippen molar-refractivity contribution in [3.05, 3.63) is 12.2 Å². The minimum atomic E-state index is -1.47. The number of carbonyl (C=O) groups excluding carboxylic acids is 3. The molecule has 0 heterocycles. The number of carboxylic acids is 2. The molecule has 0 saturated carbocycles. The zero-order chi connectivity index (χ0) is 21.7. The van der Waals surface area contributed by atoms with Crippen LogP contribution in [0, 0.1) is 0 Å². The number of unbranched alkanes of at least 4 members (excludes halogenated alkanes) is 11. The van der Waals surface area contributed by atoms with E-state index in [0.29, 0.717) is 6.42 Å². The first kappa shape index (κ1) is 35.7. The van der Waals surface area contributed by atoms with Crippen LogP contribution >= 0.6 is 0 Å². The molecular formula is C23H39NNa2O5. The molecular weight excluding hydrogens is 416 g/mol. The molecule has 168 valence electrons. The fourth-order valence-electron chi connectivity index (χ4n) is 3.13. The van der Waals surface area contributed by atoms with Gasteiger partial charge < -0.3 is 25.1 Å². The molecule has 1 atom stereocenters. The number of nitrogens with one attached hydrogen (secondary N) is 1. The van der Waals surface area contributed by atoms with Crippen molar-refractivity contribution >= 4 is 17.8 Å². The Kier molecular flexibility index (Phi) is 30.4. The largest absolute Gasteiger partial charge is 1.00 e. The van der Waals surface area contributed by atoms with Gasteiger partial charge in [-0.25, -0.2) is 0 Å². The summed E-state index contributed by atoms with van der Waals surface area (Å²) >= 11 is 0. The molecule has 0 radical (unpaired) electrons. The SMILES string of the molecule is CCCCCCCC/C=C\CCCCCCCC(=O)N[C@@H](CCC(=O)[O-])C(=O)[O-].[Na+].[Na+]. The maximum Gasteiger partial charge on any atom is 1.00 e.